The summed E-state index contributed by atoms with van der Waals surface area (Å²) in [5.74, 6) is 2.59. The largest absolute Gasteiger partial charge is 0.494 e. The Morgan fingerprint density at radius 2 is 1.77 bits per heavy atom. The van der Waals surface area contributed by atoms with E-state index in [4.69, 9.17) is 4.74 Å². The Bertz CT molecular complexity index is 934. The van der Waals surface area contributed by atoms with Gasteiger partial charge in [0, 0.05) is 26.6 Å². The summed E-state index contributed by atoms with van der Waals surface area (Å²) >= 11 is 0. The van der Waals surface area contributed by atoms with Gasteiger partial charge in [0.15, 0.2) is 5.82 Å². The summed E-state index contributed by atoms with van der Waals surface area (Å²) in [6, 6.07) is 18.8. The minimum absolute atomic E-state index is 0.675. The predicted octanol–water partition coefficient (Wildman–Crippen LogP) is 4.27. The number of ether oxygens (including phenoxy) is 1. The average molecular weight is 420 g/mol. The van der Waals surface area contributed by atoms with E-state index in [9.17, 15) is 0 Å². The molecule has 1 aromatic heterocycles. The SMILES string of the molecule is Cn1nc(Cc2ccccc2)nc1NCCCOc1cccc(CN2CCCCC2)c1. The van der Waals surface area contributed by atoms with Crippen molar-refractivity contribution in [2.24, 2.45) is 7.05 Å². The molecule has 1 aliphatic heterocycles. The van der Waals surface area contributed by atoms with Gasteiger partial charge in [-0.1, -0.05) is 48.9 Å². The second kappa shape index (κ2) is 11.0. The molecule has 0 radical (unpaired) electrons. The highest BCUT2D eigenvalue weighted by atomic mass is 16.5. The maximum atomic E-state index is 5.99. The molecule has 0 saturated carbocycles. The van der Waals surface area contributed by atoms with Crippen molar-refractivity contribution in [1.82, 2.24) is 19.7 Å². The molecule has 0 spiro atoms. The molecular weight excluding hydrogens is 386 g/mol. The van der Waals surface area contributed by atoms with Crippen molar-refractivity contribution in [2.75, 3.05) is 31.6 Å². The topological polar surface area (TPSA) is 55.2 Å². The maximum absolute atomic E-state index is 5.99. The molecule has 0 bridgehead atoms. The van der Waals surface area contributed by atoms with E-state index >= 15 is 0 Å². The Morgan fingerprint density at radius 3 is 2.61 bits per heavy atom. The molecule has 3 aromatic rings. The van der Waals surface area contributed by atoms with Crippen LogP contribution in [0.3, 0.4) is 0 Å². The van der Waals surface area contributed by atoms with Crippen LogP contribution in [-0.4, -0.2) is 45.9 Å². The number of aryl methyl sites for hydroxylation is 1. The number of likely N-dealkylation sites (tertiary alicyclic amines) is 1. The van der Waals surface area contributed by atoms with E-state index in [2.05, 4.69) is 50.6 Å². The Labute approximate surface area is 185 Å². The summed E-state index contributed by atoms with van der Waals surface area (Å²) in [6.45, 7) is 4.92. The third-order valence-electron chi connectivity index (χ3n) is 5.64. The average Bonchev–Trinajstić information content (AvgIpc) is 3.14. The minimum Gasteiger partial charge on any atom is -0.494 e. The van der Waals surface area contributed by atoms with Crippen LogP contribution in [0, 0.1) is 0 Å². The fraction of sp³-hybridized carbons (Fsp3) is 0.440. The molecule has 0 aliphatic carbocycles. The number of piperidine rings is 1. The van der Waals surface area contributed by atoms with E-state index in [-0.39, 0.29) is 0 Å². The van der Waals surface area contributed by atoms with Gasteiger partial charge in [-0.15, -0.1) is 0 Å². The van der Waals surface area contributed by atoms with Gasteiger partial charge in [0.1, 0.15) is 5.75 Å². The zero-order valence-corrected chi connectivity index (χ0v) is 18.5. The molecular formula is C25H33N5O. The van der Waals surface area contributed by atoms with E-state index < -0.39 is 0 Å². The Morgan fingerprint density at radius 1 is 0.968 bits per heavy atom. The van der Waals surface area contributed by atoms with Crippen LogP contribution < -0.4 is 10.1 Å². The summed E-state index contributed by atoms with van der Waals surface area (Å²) in [5.41, 5.74) is 2.55. The highest BCUT2D eigenvalue weighted by Gasteiger charge is 2.11. The van der Waals surface area contributed by atoms with Crippen LogP contribution in [0.25, 0.3) is 0 Å². The van der Waals surface area contributed by atoms with E-state index in [1.54, 1.807) is 0 Å². The number of benzene rings is 2. The zero-order valence-electron chi connectivity index (χ0n) is 18.5. The lowest BCUT2D eigenvalue weighted by molar-refractivity contribution is 0.220. The second-order valence-corrected chi connectivity index (χ2v) is 8.25. The quantitative estimate of drug-likeness (QED) is 0.497. The minimum atomic E-state index is 0.675. The molecule has 2 heterocycles. The van der Waals surface area contributed by atoms with E-state index in [1.807, 2.05) is 36.0 Å². The van der Waals surface area contributed by atoms with Crippen molar-refractivity contribution >= 4 is 5.95 Å². The molecule has 1 saturated heterocycles. The zero-order chi connectivity index (χ0) is 21.3. The van der Waals surface area contributed by atoms with Crippen LogP contribution in [0.2, 0.25) is 0 Å². The first-order chi connectivity index (χ1) is 15.3. The second-order valence-electron chi connectivity index (χ2n) is 8.25. The highest BCUT2D eigenvalue weighted by Crippen LogP contribution is 2.18. The predicted molar refractivity (Wildman–Crippen MR) is 124 cm³/mol. The molecule has 0 atom stereocenters. The molecule has 1 fully saturated rings. The van der Waals surface area contributed by atoms with Gasteiger partial charge in [-0.2, -0.15) is 10.1 Å². The van der Waals surface area contributed by atoms with Crippen molar-refractivity contribution < 1.29 is 4.74 Å². The maximum Gasteiger partial charge on any atom is 0.221 e. The monoisotopic (exact) mass is 419 g/mol. The number of rotatable bonds is 10. The lowest BCUT2D eigenvalue weighted by Gasteiger charge is -2.26. The number of hydrogen-bond donors (Lipinski definition) is 1. The van der Waals surface area contributed by atoms with E-state index in [0.29, 0.717) is 6.61 Å². The fourth-order valence-corrected chi connectivity index (χ4v) is 4.02. The standard InChI is InChI=1S/C25H33N5O/c1-29-25(27-24(28-29)19-21-10-4-2-5-11-21)26-14-9-17-31-23-13-8-12-22(18-23)20-30-15-6-3-7-16-30/h2,4-5,8,10-13,18H,3,6-7,9,14-17,19-20H2,1H3,(H,26,27,28). The molecule has 0 unspecified atom stereocenters. The van der Waals surface area contributed by atoms with Crippen LogP contribution in [0.15, 0.2) is 54.6 Å². The van der Waals surface area contributed by atoms with Gasteiger partial charge in [0.25, 0.3) is 0 Å². The number of anilines is 1. The van der Waals surface area contributed by atoms with E-state index in [0.717, 1.165) is 43.5 Å². The molecule has 1 N–H and O–H groups in total. The molecule has 164 valence electrons. The van der Waals surface area contributed by atoms with Crippen LogP contribution in [0.4, 0.5) is 5.95 Å². The highest BCUT2D eigenvalue weighted by molar-refractivity contribution is 5.29. The first-order valence-corrected chi connectivity index (χ1v) is 11.4. The number of aromatic nitrogens is 3. The summed E-state index contributed by atoms with van der Waals surface area (Å²) in [7, 11) is 1.92. The van der Waals surface area contributed by atoms with Crippen LogP contribution >= 0.6 is 0 Å². The van der Waals surface area contributed by atoms with Crippen molar-refractivity contribution in [2.45, 2.75) is 38.6 Å². The van der Waals surface area contributed by atoms with Gasteiger partial charge in [0.2, 0.25) is 5.95 Å². The summed E-state index contributed by atoms with van der Waals surface area (Å²) < 4.78 is 7.80. The van der Waals surface area contributed by atoms with Crippen molar-refractivity contribution in [3.63, 3.8) is 0 Å². The van der Waals surface area contributed by atoms with Crippen LogP contribution in [0.1, 0.15) is 42.6 Å². The Balaban J connectivity index is 1.19. The summed E-state index contributed by atoms with van der Waals surface area (Å²) in [6.07, 6.45) is 5.66. The van der Waals surface area contributed by atoms with Gasteiger partial charge in [0.05, 0.1) is 6.61 Å². The van der Waals surface area contributed by atoms with E-state index in [1.165, 1.54) is 43.5 Å². The molecule has 6 nitrogen and oxygen atoms in total. The van der Waals surface area contributed by atoms with Crippen LogP contribution in [0.5, 0.6) is 5.75 Å². The van der Waals surface area contributed by atoms with Gasteiger partial charge >= 0.3 is 0 Å². The van der Waals surface area contributed by atoms with Gasteiger partial charge in [-0.05, 0) is 55.6 Å². The van der Waals surface area contributed by atoms with Gasteiger partial charge in [-0.25, -0.2) is 4.68 Å². The lowest BCUT2D eigenvalue weighted by atomic mass is 10.1. The molecule has 31 heavy (non-hydrogen) atoms. The summed E-state index contributed by atoms with van der Waals surface area (Å²) in [4.78, 5) is 7.16. The Kier molecular flexibility index (Phi) is 7.56. The smallest absolute Gasteiger partial charge is 0.221 e. The first-order valence-electron chi connectivity index (χ1n) is 11.4. The van der Waals surface area contributed by atoms with Crippen molar-refractivity contribution in [3.05, 3.63) is 71.5 Å². The lowest BCUT2D eigenvalue weighted by Crippen LogP contribution is -2.29. The normalized spacial score (nSPS) is 14.5. The Hall–Kier alpha value is -2.86. The third kappa shape index (κ3) is 6.56. The number of nitrogens with zero attached hydrogens (tertiary/aromatic N) is 4. The summed E-state index contributed by atoms with van der Waals surface area (Å²) in [5, 5.41) is 7.89. The van der Waals surface area contributed by atoms with Gasteiger partial charge in [-0.3, -0.25) is 4.90 Å². The molecule has 1 aliphatic rings. The number of hydrogen-bond acceptors (Lipinski definition) is 5. The van der Waals surface area contributed by atoms with Crippen molar-refractivity contribution in [3.8, 4) is 5.75 Å². The first kappa shape index (κ1) is 21.4. The van der Waals surface area contributed by atoms with Crippen molar-refractivity contribution in [1.29, 1.82) is 0 Å². The number of nitrogens with one attached hydrogen (secondary N) is 1. The van der Waals surface area contributed by atoms with Crippen LogP contribution in [-0.2, 0) is 20.0 Å². The molecule has 0 amide bonds. The molecule has 2 aromatic carbocycles. The fourth-order valence-electron chi connectivity index (χ4n) is 4.02. The molecule has 6 heteroatoms. The molecule has 4 rings (SSSR count). The van der Waals surface area contributed by atoms with Gasteiger partial charge < -0.3 is 10.1 Å². The third-order valence-corrected chi connectivity index (χ3v) is 5.64.